The lowest BCUT2D eigenvalue weighted by atomic mass is 9.95. The van der Waals surface area contributed by atoms with Crippen LogP contribution in [-0.4, -0.2) is 36.0 Å². The van der Waals surface area contributed by atoms with E-state index in [-0.39, 0.29) is 17.7 Å². The van der Waals surface area contributed by atoms with E-state index in [0.29, 0.717) is 43.1 Å². The predicted octanol–water partition coefficient (Wildman–Crippen LogP) is 4.92. The number of nitrogens with one attached hydrogen (secondary N) is 1. The molecular weight excluding hydrogens is 450 g/mol. The zero-order valence-electron chi connectivity index (χ0n) is 18.7. The van der Waals surface area contributed by atoms with Crippen LogP contribution >= 0.6 is 11.6 Å². The highest BCUT2D eigenvalue weighted by Crippen LogP contribution is 2.22. The second-order valence-electron chi connectivity index (χ2n) is 8.13. The van der Waals surface area contributed by atoms with Crippen LogP contribution in [0.4, 0.5) is 0 Å². The summed E-state index contributed by atoms with van der Waals surface area (Å²) in [6.45, 7) is 1.50. The van der Waals surface area contributed by atoms with Gasteiger partial charge in [-0.05, 0) is 48.2 Å². The Hall–Kier alpha value is -3.64. The van der Waals surface area contributed by atoms with Gasteiger partial charge in [0.25, 0.3) is 5.91 Å². The fourth-order valence-electron chi connectivity index (χ4n) is 3.84. The second-order valence-corrected chi connectivity index (χ2v) is 8.53. The first kappa shape index (κ1) is 23.5. The third-order valence-electron chi connectivity index (χ3n) is 5.75. The van der Waals surface area contributed by atoms with Crippen LogP contribution in [0, 0.1) is 5.92 Å². The van der Waals surface area contributed by atoms with E-state index in [1.807, 2.05) is 54.6 Å². The molecule has 0 radical (unpaired) electrons. The molecule has 34 heavy (non-hydrogen) atoms. The van der Waals surface area contributed by atoms with Crippen molar-refractivity contribution in [1.29, 1.82) is 0 Å². The number of likely N-dealkylation sites (tertiary alicyclic amines) is 1. The number of rotatable bonds is 7. The Morgan fingerprint density at radius 1 is 1.00 bits per heavy atom. The Bertz CT molecular complexity index is 1160. The number of carbonyl (C=O) groups is 2. The van der Waals surface area contributed by atoms with E-state index in [9.17, 15) is 9.59 Å². The zero-order chi connectivity index (χ0) is 23.8. The first-order valence-electron chi connectivity index (χ1n) is 11.2. The number of carbonyl (C=O) groups excluding carboxylic acids is 2. The molecule has 1 aliphatic heterocycles. The van der Waals surface area contributed by atoms with E-state index >= 15 is 0 Å². The normalized spacial score (nSPS) is 14.2. The highest BCUT2D eigenvalue weighted by Gasteiger charge is 2.28. The summed E-state index contributed by atoms with van der Waals surface area (Å²) in [5.41, 5.74) is 5.04. The lowest BCUT2D eigenvalue weighted by molar-refractivity contribution is -0.126. The van der Waals surface area contributed by atoms with Crippen molar-refractivity contribution in [1.82, 2.24) is 10.3 Å². The van der Waals surface area contributed by atoms with Crippen molar-refractivity contribution in [2.24, 2.45) is 11.0 Å². The molecule has 1 heterocycles. The highest BCUT2D eigenvalue weighted by molar-refractivity contribution is 6.33. The Balaban J connectivity index is 1.24. The molecule has 2 amide bonds. The number of nitrogens with zero attached hydrogens (tertiary/aromatic N) is 2. The molecule has 1 N–H and O–H groups in total. The van der Waals surface area contributed by atoms with Crippen molar-refractivity contribution >= 4 is 29.6 Å². The van der Waals surface area contributed by atoms with Crippen LogP contribution in [-0.2, 0) is 11.4 Å². The minimum absolute atomic E-state index is 0.100. The fraction of sp³-hybridized carbons (Fsp3) is 0.222. The van der Waals surface area contributed by atoms with Gasteiger partial charge in [-0.2, -0.15) is 5.10 Å². The number of hydrogen-bond acceptors (Lipinski definition) is 4. The first-order chi connectivity index (χ1) is 16.6. The fourth-order valence-corrected chi connectivity index (χ4v) is 4.05. The lowest BCUT2D eigenvalue weighted by Crippen LogP contribution is -2.42. The molecule has 1 saturated heterocycles. The van der Waals surface area contributed by atoms with Gasteiger partial charge in [-0.1, -0.05) is 66.2 Å². The van der Waals surface area contributed by atoms with Crippen LogP contribution in [0.3, 0.4) is 0 Å². The van der Waals surface area contributed by atoms with Gasteiger partial charge in [0.05, 0.1) is 16.8 Å². The smallest absolute Gasteiger partial charge is 0.255 e. The van der Waals surface area contributed by atoms with Gasteiger partial charge in [-0.15, -0.1) is 0 Å². The average molecular weight is 476 g/mol. The molecule has 0 aromatic heterocycles. The number of amides is 2. The van der Waals surface area contributed by atoms with Crippen molar-refractivity contribution in [3.8, 4) is 5.75 Å². The quantitative estimate of drug-likeness (QED) is 0.389. The van der Waals surface area contributed by atoms with Gasteiger partial charge >= 0.3 is 0 Å². The van der Waals surface area contributed by atoms with Crippen molar-refractivity contribution < 1.29 is 14.3 Å². The van der Waals surface area contributed by atoms with Gasteiger partial charge in [0, 0.05) is 19.0 Å². The van der Waals surface area contributed by atoms with Crippen molar-refractivity contribution in [2.45, 2.75) is 19.4 Å². The van der Waals surface area contributed by atoms with Gasteiger partial charge in [-0.3, -0.25) is 9.59 Å². The Labute approximate surface area is 204 Å². The minimum Gasteiger partial charge on any atom is -0.489 e. The van der Waals surface area contributed by atoms with E-state index in [4.69, 9.17) is 16.3 Å². The molecule has 4 rings (SSSR count). The third-order valence-corrected chi connectivity index (χ3v) is 6.08. The van der Waals surface area contributed by atoms with Crippen molar-refractivity contribution in [3.05, 3.63) is 101 Å². The van der Waals surface area contributed by atoms with Gasteiger partial charge < -0.3 is 9.64 Å². The molecule has 0 saturated carbocycles. The minimum atomic E-state index is -0.187. The molecule has 3 aromatic rings. The summed E-state index contributed by atoms with van der Waals surface area (Å²) in [5, 5.41) is 4.55. The van der Waals surface area contributed by atoms with Crippen molar-refractivity contribution in [2.75, 3.05) is 13.1 Å². The van der Waals surface area contributed by atoms with E-state index < -0.39 is 0 Å². The SMILES string of the molecule is O=C(N/N=C\c1cccc(OCc2ccccc2)c1)C1CCN(C(=O)c2ccccc2Cl)CC1. The van der Waals surface area contributed by atoms with E-state index in [1.54, 1.807) is 35.4 Å². The molecule has 6 nitrogen and oxygen atoms in total. The maximum atomic E-state index is 12.7. The lowest BCUT2D eigenvalue weighted by Gasteiger charge is -2.31. The average Bonchev–Trinajstić information content (AvgIpc) is 2.88. The van der Waals surface area contributed by atoms with Gasteiger partial charge in [0.2, 0.25) is 5.91 Å². The van der Waals surface area contributed by atoms with Crippen LogP contribution in [0.5, 0.6) is 5.75 Å². The molecule has 0 atom stereocenters. The van der Waals surface area contributed by atoms with E-state index in [2.05, 4.69) is 10.5 Å². The van der Waals surface area contributed by atoms with Gasteiger partial charge in [0.15, 0.2) is 0 Å². The maximum absolute atomic E-state index is 12.7. The molecule has 1 fully saturated rings. The third kappa shape index (κ3) is 6.23. The zero-order valence-corrected chi connectivity index (χ0v) is 19.4. The summed E-state index contributed by atoms with van der Waals surface area (Å²) < 4.78 is 5.83. The molecule has 7 heteroatoms. The number of hydrazone groups is 1. The number of benzene rings is 3. The summed E-state index contributed by atoms with van der Waals surface area (Å²) in [6.07, 6.45) is 2.77. The van der Waals surface area contributed by atoms with Crippen LogP contribution in [0.1, 0.15) is 34.3 Å². The summed E-state index contributed by atoms with van der Waals surface area (Å²) in [4.78, 5) is 27.0. The van der Waals surface area contributed by atoms with E-state index in [0.717, 1.165) is 16.9 Å². The second kappa shape index (κ2) is 11.5. The summed E-state index contributed by atoms with van der Waals surface area (Å²) in [5.74, 6) is 0.303. The standard InChI is InChI=1S/C27H26ClN3O3/c28-25-12-5-4-11-24(25)27(33)31-15-13-22(14-16-31)26(32)30-29-18-21-9-6-10-23(17-21)34-19-20-7-2-1-3-8-20/h1-12,17-18,22H,13-16,19H2,(H,30,32)/b29-18-. The summed E-state index contributed by atoms with van der Waals surface area (Å²) in [6, 6.07) is 24.5. The molecule has 0 unspecified atom stereocenters. The monoisotopic (exact) mass is 475 g/mol. The molecule has 0 bridgehead atoms. The molecule has 0 spiro atoms. The summed E-state index contributed by atoms with van der Waals surface area (Å²) >= 11 is 6.15. The summed E-state index contributed by atoms with van der Waals surface area (Å²) in [7, 11) is 0. The molecule has 174 valence electrons. The van der Waals surface area contributed by atoms with Crippen LogP contribution in [0.2, 0.25) is 5.02 Å². The Kier molecular flexibility index (Phi) is 7.94. The van der Waals surface area contributed by atoms with Crippen LogP contribution in [0.25, 0.3) is 0 Å². The van der Waals surface area contributed by atoms with Crippen LogP contribution in [0.15, 0.2) is 84.0 Å². The Morgan fingerprint density at radius 3 is 2.50 bits per heavy atom. The molecule has 3 aromatic carbocycles. The Morgan fingerprint density at radius 2 is 1.74 bits per heavy atom. The highest BCUT2D eigenvalue weighted by atomic mass is 35.5. The maximum Gasteiger partial charge on any atom is 0.255 e. The number of ether oxygens (including phenoxy) is 1. The molecular formula is C27H26ClN3O3. The number of halogens is 1. The number of piperidine rings is 1. The number of hydrogen-bond donors (Lipinski definition) is 1. The predicted molar refractivity (Wildman–Crippen MR) is 133 cm³/mol. The first-order valence-corrected chi connectivity index (χ1v) is 11.6. The van der Waals surface area contributed by atoms with Gasteiger partial charge in [0.1, 0.15) is 12.4 Å². The van der Waals surface area contributed by atoms with E-state index in [1.165, 1.54) is 0 Å². The van der Waals surface area contributed by atoms with Gasteiger partial charge in [-0.25, -0.2) is 5.43 Å². The molecule has 0 aliphatic carbocycles. The molecule has 1 aliphatic rings. The van der Waals surface area contributed by atoms with Crippen molar-refractivity contribution in [3.63, 3.8) is 0 Å². The topological polar surface area (TPSA) is 71.0 Å². The van der Waals surface area contributed by atoms with Crippen LogP contribution < -0.4 is 10.2 Å². The largest absolute Gasteiger partial charge is 0.489 e.